The summed E-state index contributed by atoms with van der Waals surface area (Å²) in [5, 5.41) is 26.3. The van der Waals surface area contributed by atoms with Gasteiger partial charge in [-0.25, -0.2) is 4.79 Å². The van der Waals surface area contributed by atoms with Gasteiger partial charge in [-0.15, -0.1) is 0 Å². The fourth-order valence-electron chi connectivity index (χ4n) is 13.4. The van der Waals surface area contributed by atoms with E-state index in [0.29, 0.717) is 99.5 Å². The Balaban J connectivity index is 1.38. The van der Waals surface area contributed by atoms with Crippen molar-refractivity contribution in [2.24, 2.45) is 11.3 Å². The van der Waals surface area contributed by atoms with Crippen molar-refractivity contribution in [1.82, 2.24) is 14.8 Å². The minimum atomic E-state index is -2.53. The molecular weight excluding hydrogens is 769 g/mol. The topological polar surface area (TPSA) is 171 Å². The molecule has 1 aliphatic carbocycles. The number of H-pyrrole nitrogens is 1. The number of carbonyl (C=O) groups excluding carboxylic acids is 4. The monoisotopic (exact) mass is 824 g/mol. The van der Waals surface area contributed by atoms with Crippen LogP contribution in [0.3, 0.4) is 0 Å². The Kier molecular flexibility index (Phi) is 9.58. The number of piperidine rings is 1. The van der Waals surface area contributed by atoms with Gasteiger partial charge in [0, 0.05) is 78.2 Å². The maximum absolute atomic E-state index is 15.3. The molecule has 1 amide bonds. The number of ether oxygens (including phenoxy) is 4. The van der Waals surface area contributed by atoms with Crippen LogP contribution in [0.15, 0.2) is 48.6 Å². The highest BCUT2D eigenvalue weighted by Crippen LogP contribution is 2.68. The molecule has 14 heteroatoms. The summed E-state index contributed by atoms with van der Waals surface area (Å²) < 4.78 is 23.7. The number of aromatic nitrogens is 1. The van der Waals surface area contributed by atoms with Gasteiger partial charge >= 0.3 is 17.9 Å². The van der Waals surface area contributed by atoms with Crippen LogP contribution in [-0.2, 0) is 50.6 Å². The molecule has 3 N–H and O–H groups in total. The summed E-state index contributed by atoms with van der Waals surface area (Å²) in [5.41, 5.74) is -3.15. The number of para-hydroxylation sites is 1. The largest absolute Gasteiger partial charge is 0.496 e. The quantitative estimate of drug-likeness (QED) is 0.131. The lowest BCUT2D eigenvalue weighted by atomic mass is 9.47. The second kappa shape index (κ2) is 14.1. The third-order valence-electron chi connectivity index (χ3n) is 15.5. The number of carbonyl (C=O) groups is 4. The second-order valence-electron chi connectivity index (χ2n) is 18.1. The number of aliphatic hydroxyl groups is 2. The fourth-order valence-corrected chi connectivity index (χ4v) is 13.4. The Hall–Kier alpha value is -4.76. The van der Waals surface area contributed by atoms with Gasteiger partial charge in [-0.2, -0.15) is 0 Å². The standard InChI is InChI=1S/C46H56N4O10/c1-7-42(55)22-28-23-45(40(53)58-5,36-30(14-18-48(24-28)25-42)29-12-9-10-13-33(29)47-36)32-20-31-34(21-35(32)57-4)50(26-51)38-44(31)16-19-49-17-11-15-43(8-2,37(44)49)39(60-27(3)52)46(38,56)41(54)59-6/h9-13,15,20-21,26,28,37-39,47,55-56H,7-8,14,16-19,22-25H2,1-6H3/t28?,37-,38+,39+,42?,43+,44+,45-,46?/m0/s1. The molecule has 10 atom stereocenters. The van der Waals surface area contributed by atoms with E-state index in [-0.39, 0.29) is 12.3 Å². The summed E-state index contributed by atoms with van der Waals surface area (Å²) in [6, 6.07) is 9.97. The van der Waals surface area contributed by atoms with Crippen molar-refractivity contribution in [3.05, 3.63) is 70.9 Å². The number of anilines is 1. The lowest BCUT2D eigenvalue weighted by molar-refractivity contribution is -0.228. The van der Waals surface area contributed by atoms with Crippen LogP contribution in [0.4, 0.5) is 5.69 Å². The molecule has 60 heavy (non-hydrogen) atoms. The van der Waals surface area contributed by atoms with E-state index in [1.165, 1.54) is 33.2 Å². The number of hydrogen-bond acceptors (Lipinski definition) is 12. The van der Waals surface area contributed by atoms with Crippen molar-refractivity contribution in [2.75, 3.05) is 59.0 Å². The molecule has 9 rings (SSSR count). The summed E-state index contributed by atoms with van der Waals surface area (Å²) in [6.45, 7) is 8.16. The van der Waals surface area contributed by atoms with Crippen LogP contribution in [0.2, 0.25) is 0 Å². The molecule has 6 heterocycles. The van der Waals surface area contributed by atoms with Crippen LogP contribution >= 0.6 is 0 Å². The molecule has 320 valence electrons. The third kappa shape index (κ3) is 5.19. The average molecular weight is 825 g/mol. The number of benzene rings is 2. The first kappa shape index (κ1) is 40.6. The lowest BCUT2D eigenvalue weighted by Gasteiger charge is -2.63. The third-order valence-corrected chi connectivity index (χ3v) is 15.5. The molecule has 2 aromatic carbocycles. The van der Waals surface area contributed by atoms with Gasteiger partial charge in [0.05, 0.1) is 38.7 Å². The van der Waals surface area contributed by atoms with Gasteiger partial charge in [0.15, 0.2) is 6.10 Å². The highest BCUT2D eigenvalue weighted by atomic mass is 16.6. The van der Waals surface area contributed by atoms with Gasteiger partial charge in [-0.3, -0.25) is 24.2 Å². The number of nitrogens with zero attached hydrogens (tertiary/aromatic N) is 3. The van der Waals surface area contributed by atoms with Crippen molar-refractivity contribution in [3.63, 3.8) is 0 Å². The smallest absolute Gasteiger partial charge is 0.344 e. The summed E-state index contributed by atoms with van der Waals surface area (Å²) in [7, 11) is 4.09. The molecular formula is C46H56N4O10. The molecule has 1 spiro atoms. The fraction of sp³-hybridized carbons (Fsp3) is 0.565. The molecule has 1 saturated carbocycles. The number of hydrogen-bond donors (Lipinski definition) is 3. The number of fused-ring (bicyclic) bond motifs is 6. The van der Waals surface area contributed by atoms with Crippen molar-refractivity contribution >= 4 is 40.9 Å². The molecule has 3 fully saturated rings. The van der Waals surface area contributed by atoms with Crippen molar-refractivity contribution < 1.29 is 48.3 Å². The number of rotatable bonds is 8. The molecule has 5 aliphatic heterocycles. The summed E-state index contributed by atoms with van der Waals surface area (Å²) >= 11 is 0. The van der Waals surface area contributed by atoms with Crippen molar-refractivity contribution in [1.29, 1.82) is 0 Å². The second-order valence-corrected chi connectivity index (χ2v) is 18.1. The van der Waals surface area contributed by atoms with E-state index in [1.54, 1.807) is 6.07 Å². The molecule has 3 aromatic rings. The molecule has 14 nitrogen and oxygen atoms in total. The Labute approximate surface area is 349 Å². The first-order chi connectivity index (χ1) is 28.8. The van der Waals surface area contributed by atoms with E-state index >= 15 is 4.79 Å². The van der Waals surface area contributed by atoms with Crippen LogP contribution in [0.5, 0.6) is 5.75 Å². The summed E-state index contributed by atoms with van der Waals surface area (Å²) in [6.07, 6.45) is 5.83. The highest BCUT2D eigenvalue weighted by Gasteiger charge is 2.81. The van der Waals surface area contributed by atoms with E-state index in [9.17, 15) is 24.6 Å². The molecule has 2 saturated heterocycles. The van der Waals surface area contributed by atoms with Gasteiger partial charge in [-0.05, 0) is 74.2 Å². The zero-order valence-electron chi connectivity index (χ0n) is 35.3. The van der Waals surface area contributed by atoms with Gasteiger partial charge < -0.3 is 39.0 Å². The maximum atomic E-state index is 15.3. The van der Waals surface area contributed by atoms with E-state index in [0.717, 1.165) is 16.5 Å². The lowest BCUT2D eigenvalue weighted by Crippen LogP contribution is -2.81. The van der Waals surface area contributed by atoms with Crippen LogP contribution in [0, 0.1) is 11.3 Å². The molecule has 6 aliphatic rings. The Bertz CT molecular complexity index is 2310. The predicted octanol–water partition coefficient (Wildman–Crippen LogP) is 3.52. The molecule has 4 unspecified atom stereocenters. The zero-order valence-corrected chi connectivity index (χ0v) is 35.3. The normalized spacial score (nSPS) is 36.5. The van der Waals surface area contributed by atoms with Crippen LogP contribution < -0.4 is 9.64 Å². The van der Waals surface area contributed by atoms with Gasteiger partial charge in [0.1, 0.15) is 11.2 Å². The summed E-state index contributed by atoms with van der Waals surface area (Å²) in [5.74, 6) is -2.06. The van der Waals surface area contributed by atoms with E-state index in [4.69, 9.17) is 18.9 Å². The van der Waals surface area contributed by atoms with Gasteiger partial charge in [0.2, 0.25) is 12.0 Å². The SMILES string of the molecule is CCC1(O)CC2CN(CCc3c([nH]c4ccccc34)[C@@](C(=O)OC)(c3cc4c(cc3OC)N(C=O)[C@H]3C(O)(C(=O)OC)[C@H](OC(C)=O)[C@]5(CC)C=CCN6CC[C@]43[C@@H]65)C2)C1. The maximum Gasteiger partial charge on any atom is 0.344 e. The summed E-state index contributed by atoms with van der Waals surface area (Å²) in [4.78, 5) is 66.1. The first-order valence-corrected chi connectivity index (χ1v) is 21.3. The number of methoxy groups -OCH3 is 3. The number of amides is 1. The highest BCUT2D eigenvalue weighted by molar-refractivity contribution is 5.96. The number of aromatic amines is 1. The molecule has 1 aromatic heterocycles. The molecule has 0 radical (unpaired) electrons. The number of nitrogens with one attached hydrogen (secondary N) is 1. The van der Waals surface area contributed by atoms with Gasteiger partial charge in [0.25, 0.3) is 0 Å². The Morgan fingerprint density at radius 2 is 1.73 bits per heavy atom. The van der Waals surface area contributed by atoms with E-state index in [2.05, 4.69) is 20.9 Å². The Morgan fingerprint density at radius 3 is 2.42 bits per heavy atom. The van der Waals surface area contributed by atoms with Crippen LogP contribution in [0.1, 0.15) is 75.3 Å². The number of esters is 3. The zero-order chi connectivity index (χ0) is 42.6. The first-order valence-electron chi connectivity index (χ1n) is 21.3. The minimum absolute atomic E-state index is 0.155. The van der Waals surface area contributed by atoms with Gasteiger partial charge in [-0.1, -0.05) is 44.2 Å². The van der Waals surface area contributed by atoms with E-state index < -0.39 is 63.5 Å². The molecule has 2 bridgehead atoms. The van der Waals surface area contributed by atoms with Crippen LogP contribution in [0.25, 0.3) is 10.9 Å². The van der Waals surface area contributed by atoms with Crippen molar-refractivity contribution in [3.8, 4) is 5.75 Å². The van der Waals surface area contributed by atoms with E-state index in [1.807, 2.05) is 50.3 Å². The van der Waals surface area contributed by atoms with Crippen molar-refractivity contribution in [2.45, 2.75) is 99.5 Å². The predicted molar refractivity (Wildman–Crippen MR) is 221 cm³/mol. The minimum Gasteiger partial charge on any atom is -0.496 e. The Morgan fingerprint density at radius 1 is 0.967 bits per heavy atom. The van der Waals surface area contributed by atoms with Crippen LogP contribution in [-0.4, -0.2) is 133 Å². The average Bonchev–Trinajstić information content (AvgIpc) is 3.92.